The highest BCUT2D eigenvalue weighted by molar-refractivity contribution is 6.30. The van der Waals surface area contributed by atoms with Crippen LogP contribution >= 0.6 is 11.6 Å². The summed E-state index contributed by atoms with van der Waals surface area (Å²) in [6.07, 6.45) is 0.299. The first-order chi connectivity index (χ1) is 16.0. The molecule has 0 aliphatic rings. The molecule has 0 bridgehead atoms. The number of fused-ring (bicyclic) bond motifs is 1. The van der Waals surface area contributed by atoms with Crippen LogP contribution in [-0.2, 0) is 16.1 Å². The van der Waals surface area contributed by atoms with Crippen LogP contribution in [-0.4, -0.2) is 21.4 Å². The fraction of sp³-hybridized carbons (Fsp3) is 0.120. The number of carbonyl (C=O) groups excluding carboxylic acids is 2. The highest BCUT2D eigenvalue weighted by Crippen LogP contribution is 2.26. The summed E-state index contributed by atoms with van der Waals surface area (Å²) in [4.78, 5) is 42.9. The van der Waals surface area contributed by atoms with E-state index in [9.17, 15) is 14.4 Å². The number of benzene rings is 3. The third-order valence-corrected chi connectivity index (χ3v) is 5.28. The highest BCUT2D eigenvalue weighted by atomic mass is 35.5. The zero-order valence-corrected chi connectivity index (χ0v) is 18.6. The van der Waals surface area contributed by atoms with Gasteiger partial charge in [0.25, 0.3) is 5.56 Å². The van der Waals surface area contributed by atoms with Gasteiger partial charge in [-0.1, -0.05) is 54.9 Å². The van der Waals surface area contributed by atoms with Crippen molar-refractivity contribution in [3.8, 4) is 11.3 Å². The number of aromatic nitrogens is 2. The predicted octanol–water partition coefficient (Wildman–Crippen LogP) is 4.70. The number of rotatable bonds is 6. The second-order valence-corrected chi connectivity index (χ2v) is 7.78. The van der Waals surface area contributed by atoms with Crippen molar-refractivity contribution in [2.45, 2.75) is 19.9 Å². The Morgan fingerprint density at radius 2 is 1.70 bits per heavy atom. The molecule has 1 aromatic heterocycles. The summed E-state index contributed by atoms with van der Waals surface area (Å²) >= 11 is 6.00. The zero-order valence-electron chi connectivity index (χ0n) is 17.8. The molecule has 0 saturated carbocycles. The zero-order chi connectivity index (χ0) is 23.4. The van der Waals surface area contributed by atoms with Crippen LogP contribution in [0, 0.1) is 0 Å². The Morgan fingerprint density at radius 3 is 2.48 bits per heavy atom. The molecule has 3 aromatic carbocycles. The largest absolute Gasteiger partial charge is 0.325 e. The van der Waals surface area contributed by atoms with Gasteiger partial charge < -0.3 is 10.6 Å². The molecule has 8 heteroatoms. The molecule has 4 rings (SSSR count). The van der Waals surface area contributed by atoms with Crippen molar-refractivity contribution in [1.29, 1.82) is 0 Å². The number of para-hydroxylation sites is 3. The third-order valence-electron chi connectivity index (χ3n) is 5.04. The molecule has 0 unspecified atom stereocenters. The van der Waals surface area contributed by atoms with Crippen molar-refractivity contribution in [3.05, 3.63) is 88.2 Å². The van der Waals surface area contributed by atoms with Crippen LogP contribution in [0.25, 0.3) is 22.3 Å². The molecule has 0 aliphatic heterocycles. The molecule has 0 fully saturated rings. The van der Waals surface area contributed by atoms with Gasteiger partial charge in [0, 0.05) is 22.7 Å². The van der Waals surface area contributed by atoms with E-state index in [2.05, 4.69) is 15.6 Å². The van der Waals surface area contributed by atoms with E-state index in [1.165, 1.54) is 4.57 Å². The van der Waals surface area contributed by atoms with E-state index in [4.69, 9.17) is 11.6 Å². The van der Waals surface area contributed by atoms with Crippen LogP contribution in [0.4, 0.5) is 11.4 Å². The Balaban J connectivity index is 1.79. The maximum atomic E-state index is 13.5. The van der Waals surface area contributed by atoms with Crippen molar-refractivity contribution < 1.29 is 9.59 Å². The number of hydrogen-bond acceptors (Lipinski definition) is 4. The van der Waals surface area contributed by atoms with Gasteiger partial charge in [0.05, 0.1) is 16.7 Å². The number of anilines is 2. The highest BCUT2D eigenvalue weighted by Gasteiger charge is 2.18. The van der Waals surface area contributed by atoms with Gasteiger partial charge in [0.2, 0.25) is 11.8 Å². The smallest absolute Gasteiger partial charge is 0.278 e. The number of hydrogen-bond donors (Lipinski definition) is 2. The Morgan fingerprint density at radius 1 is 0.939 bits per heavy atom. The molecular formula is C25H21ClN4O3. The minimum Gasteiger partial charge on any atom is -0.325 e. The van der Waals surface area contributed by atoms with Gasteiger partial charge >= 0.3 is 0 Å². The summed E-state index contributed by atoms with van der Waals surface area (Å²) in [5.41, 5.74) is 2.30. The number of amides is 2. The van der Waals surface area contributed by atoms with Crippen molar-refractivity contribution in [2.24, 2.45) is 0 Å². The van der Waals surface area contributed by atoms with Crippen LogP contribution in [0.2, 0.25) is 5.02 Å². The fourth-order valence-electron chi connectivity index (χ4n) is 3.47. The van der Waals surface area contributed by atoms with Gasteiger partial charge in [0.1, 0.15) is 12.2 Å². The molecule has 1 heterocycles. The van der Waals surface area contributed by atoms with Crippen molar-refractivity contribution in [3.63, 3.8) is 0 Å². The van der Waals surface area contributed by atoms with Gasteiger partial charge in [-0.2, -0.15) is 0 Å². The number of nitrogens with zero attached hydrogens (tertiary/aromatic N) is 2. The van der Waals surface area contributed by atoms with E-state index in [-0.39, 0.29) is 24.1 Å². The minimum atomic E-state index is -0.437. The van der Waals surface area contributed by atoms with Gasteiger partial charge in [0.15, 0.2) is 0 Å². The molecule has 33 heavy (non-hydrogen) atoms. The van der Waals surface area contributed by atoms with Gasteiger partial charge in [-0.05, 0) is 36.4 Å². The summed E-state index contributed by atoms with van der Waals surface area (Å²) in [5.74, 6) is -0.557. The Hall–Kier alpha value is -3.97. The normalized spacial score (nSPS) is 10.7. The second kappa shape index (κ2) is 9.67. The van der Waals surface area contributed by atoms with E-state index < -0.39 is 5.56 Å². The van der Waals surface area contributed by atoms with Gasteiger partial charge in [-0.25, -0.2) is 4.98 Å². The molecule has 2 amide bonds. The van der Waals surface area contributed by atoms with Crippen LogP contribution in [0.3, 0.4) is 0 Å². The molecular weight excluding hydrogens is 440 g/mol. The second-order valence-electron chi connectivity index (χ2n) is 7.35. The molecule has 166 valence electrons. The van der Waals surface area contributed by atoms with Crippen molar-refractivity contribution in [2.75, 3.05) is 10.6 Å². The Kier molecular flexibility index (Phi) is 6.51. The molecule has 0 spiro atoms. The summed E-state index contributed by atoms with van der Waals surface area (Å²) in [6.45, 7) is 1.53. The predicted molar refractivity (Wildman–Crippen MR) is 130 cm³/mol. The first-order valence-electron chi connectivity index (χ1n) is 10.4. The Bertz CT molecular complexity index is 1410. The minimum absolute atomic E-state index is 0.149. The standard InChI is InChI=1S/C25H21ClN4O3/c1-2-22(31)28-19-11-4-3-10-18(19)24-25(33)30(21-13-6-5-12-20(21)29-24)15-23(32)27-17-9-7-8-16(26)14-17/h3-14H,2,15H2,1H3,(H,27,32)(H,28,31). The van der Waals surface area contributed by atoms with Crippen LogP contribution in [0.1, 0.15) is 13.3 Å². The first kappa shape index (κ1) is 22.2. The maximum Gasteiger partial charge on any atom is 0.278 e. The lowest BCUT2D eigenvalue weighted by atomic mass is 10.1. The van der Waals surface area contributed by atoms with Crippen molar-refractivity contribution >= 4 is 45.8 Å². The molecule has 4 aromatic rings. The molecule has 0 radical (unpaired) electrons. The average molecular weight is 461 g/mol. The average Bonchev–Trinajstić information content (AvgIpc) is 2.81. The molecule has 0 atom stereocenters. The lowest BCUT2D eigenvalue weighted by molar-refractivity contribution is -0.117. The third kappa shape index (κ3) is 4.94. The lowest BCUT2D eigenvalue weighted by Gasteiger charge is -2.15. The monoisotopic (exact) mass is 460 g/mol. The summed E-state index contributed by atoms with van der Waals surface area (Å²) < 4.78 is 1.38. The number of halogens is 1. The quantitative estimate of drug-likeness (QED) is 0.436. The lowest BCUT2D eigenvalue weighted by Crippen LogP contribution is -2.30. The fourth-order valence-corrected chi connectivity index (χ4v) is 3.66. The topological polar surface area (TPSA) is 93.1 Å². The molecule has 2 N–H and O–H groups in total. The SMILES string of the molecule is CCC(=O)Nc1ccccc1-c1nc2ccccc2n(CC(=O)Nc2cccc(Cl)c2)c1=O. The summed E-state index contributed by atoms with van der Waals surface area (Å²) in [7, 11) is 0. The maximum absolute atomic E-state index is 13.5. The van der Waals surface area contributed by atoms with Gasteiger partial charge in [-0.3, -0.25) is 19.0 Å². The van der Waals surface area contributed by atoms with Crippen LogP contribution in [0.5, 0.6) is 0 Å². The van der Waals surface area contributed by atoms with Crippen LogP contribution in [0.15, 0.2) is 77.6 Å². The molecule has 0 aliphatic carbocycles. The van der Waals surface area contributed by atoms with Crippen LogP contribution < -0.4 is 16.2 Å². The number of carbonyl (C=O) groups is 2. The molecule has 0 saturated heterocycles. The van der Waals surface area contributed by atoms with Gasteiger partial charge in [-0.15, -0.1) is 0 Å². The van der Waals surface area contributed by atoms with Crippen molar-refractivity contribution in [1.82, 2.24) is 9.55 Å². The van der Waals surface area contributed by atoms with E-state index in [0.717, 1.165) is 0 Å². The van der Waals surface area contributed by atoms with E-state index in [1.54, 1.807) is 73.7 Å². The molecule has 7 nitrogen and oxygen atoms in total. The Labute approximate surface area is 195 Å². The first-order valence-corrected chi connectivity index (χ1v) is 10.8. The summed E-state index contributed by atoms with van der Waals surface area (Å²) in [6, 6.07) is 20.9. The van der Waals surface area contributed by atoms with E-state index >= 15 is 0 Å². The number of nitrogens with one attached hydrogen (secondary N) is 2. The summed E-state index contributed by atoms with van der Waals surface area (Å²) in [5, 5.41) is 6.07. The van der Waals surface area contributed by atoms with E-state index in [1.807, 2.05) is 6.07 Å². The van der Waals surface area contributed by atoms with E-state index in [0.29, 0.717) is 39.4 Å².